The summed E-state index contributed by atoms with van der Waals surface area (Å²) in [6, 6.07) is 6.98. The van der Waals surface area contributed by atoms with Gasteiger partial charge in [0.05, 0.1) is 17.6 Å². The van der Waals surface area contributed by atoms with E-state index in [1.54, 1.807) is 11.0 Å². The molecule has 0 spiro atoms. The number of anilines is 2. The van der Waals surface area contributed by atoms with Crippen LogP contribution in [-0.4, -0.2) is 27.8 Å². The number of carbonyl (C=O) groups is 2. The SMILES string of the molecule is C[C@@H]1CC(=O)Nc2ccccc2N1C(=O)c1cnccn1. The number of hydrogen-bond acceptors (Lipinski definition) is 4. The minimum absolute atomic E-state index is 0.107. The van der Waals surface area contributed by atoms with Gasteiger partial charge in [0, 0.05) is 24.9 Å². The van der Waals surface area contributed by atoms with E-state index in [1.807, 2.05) is 25.1 Å². The molecule has 1 aliphatic rings. The Hall–Kier alpha value is -2.76. The number of hydrogen-bond donors (Lipinski definition) is 1. The number of para-hydroxylation sites is 2. The lowest BCUT2D eigenvalue weighted by Gasteiger charge is -2.27. The Morgan fingerprint density at radius 3 is 2.90 bits per heavy atom. The zero-order valence-corrected chi connectivity index (χ0v) is 11.5. The van der Waals surface area contributed by atoms with Gasteiger partial charge in [-0.05, 0) is 19.1 Å². The first-order valence-electron chi connectivity index (χ1n) is 6.65. The highest BCUT2D eigenvalue weighted by Crippen LogP contribution is 2.32. The van der Waals surface area contributed by atoms with Gasteiger partial charge in [0.15, 0.2) is 0 Å². The Balaban J connectivity index is 2.07. The van der Waals surface area contributed by atoms with E-state index in [2.05, 4.69) is 15.3 Å². The Labute approximate surface area is 121 Å². The third-order valence-corrected chi connectivity index (χ3v) is 3.36. The van der Waals surface area contributed by atoms with Crippen molar-refractivity contribution >= 4 is 23.2 Å². The van der Waals surface area contributed by atoms with Gasteiger partial charge in [-0.1, -0.05) is 12.1 Å². The van der Waals surface area contributed by atoms with Crippen LogP contribution in [0.5, 0.6) is 0 Å². The molecule has 2 amide bonds. The van der Waals surface area contributed by atoms with E-state index < -0.39 is 0 Å². The molecule has 106 valence electrons. The predicted molar refractivity (Wildman–Crippen MR) is 78.0 cm³/mol. The van der Waals surface area contributed by atoms with Gasteiger partial charge in [0.2, 0.25) is 5.91 Å². The Kier molecular flexibility index (Phi) is 3.35. The van der Waals surface area contributed by atoms with Gasteiger partial charge < -0.3 is 10.2 Å². The molecule has 0 saturated heterocycles. The van der Waals surface area contributed by atoms with E-state index in [1.165, 1.54) is 18.6 Å². The largest absolute Gasteiger partial charge is 0.324 e. The topological polar surface area (TPSA) is 75.2 Å². The normalized spacial score (nSPS) is 17.7. The summed E-state index contributed by atoms with van der Waals surface area (Å²) in [7, 11) is 0. The molecule has 1 aromatic heterocycles. The fourth-order valence-electron chi connectivity index (χ4n) is 2.43. The van der Waals surface area contributed by atoms with E-state index in [4.69, 9.17) is 0 Å². The average molecular weight is 282 g/mol. The van der Waals surface area contributed by atoms with Crippen LogP contribution in [0.1, 0.15) is 23.8 Å². The van der Waals surface area contributed by atoms with Crippen molar-refractivity contribution in [3.05, 3.63) is 48.5 Å². The molecule has 0 fully saturated rings. The van der Waals surface area contributed by atoms with E-state index in [-0.39, 0.29) is 30.0 Å². The molecule has 6 heteroatoms. The first kappa shape index (κ1) is 13.2. The van der Waals surface area contributed by atoms with Crippen molar-refractivity contribution in [1.29, 1.82) is 0 Å². The first-order valence-corrected chi connectivity index (χ1v) is 6.65. The van der Waals surface area contributed by atoms with Crippen molar-refractivity contribution in [2.75, 3.05) is 10.2 Å². The lowest BCUT2D eigenvalue weighted by atomic mass is 10.1. The molecule has 1 aromatic carbocycles. The van der Waals surface area contributed by atoms with E-state index in [9.17, 15) is 9.59 Å². The standard InChI is InChI=1S/C15H14N4O2/c1-10-8-14(20)18-11-4-2-3-5-13(11)19(10)15(21)12-9-16-6-7-17-12/h2-7,9-10H,8H2,1H3,(H,18,20)/t10-/m1/s1. The highest BCUT2D eigenvalue weighted by atomic mass is 16.2. The second-order valence-corrected chi connectivity index (χ2v) is 4.88. The molecule has 6 nitrogen and oxygen atoms in total. The van der Waals surface area contributed by atoms with Crippen molar-refractivity contribution < 1.29 is 9.59 Å². The van der Waals surface area contributed by atoms with Crippen molar-refractivity contribution in [2.24, 2.45) is 0 Å². The van der Waals surface area contributed by atoms with Crippen LogP contribution in [0.3, 0.4) is 0 Å². The third-order valence-electron chi connectivity index (χ3n) is 3.36. The van der Waals surface area contributed by atoms with Crippen LogP contribution >= 0.6 is 0 Å². The molecule has 21 heavy (non-hydrogen) atoms. The van der Waals surface area contributed by atoms with Crippen molar-refractivity contribution in [1.82, 2.24) is 9.97 Å². The highest BCUT2D eigenvalue weighted by molar-refractivity contribution is 6.10. The molecule has 1 atom stereocenters. The summed E-state index contributed by atoms with van der Waals surface area (Å²) < 4.78 is 0. The third kappa shape index (κ3) is 2.47. The quantitative estimate of drug-likeness (QED) is 0.866. The number of amides is 2. The summed E-state index contributed by atoms with van der Waals surface area (Å²) in [5.74, 6) is -0.371. The summed E-state index contributed by atoms with van der Waals surface area (Å²) in [6.45, 7) is 1.84. The summed E-state index contributed by atoms with van der Waals surface area (Å²) in [5.41, 5.74) is 1.56. The van der Waals surface area contributed by atoms with Gasteiger partial charge in [-0.15, -0.1) is 0 Å². The smallest absolute Gasteiger partial charge is 0.278 e. The number of nitrogens with zero attached hydrogens (tertiary/aromatic N) is 3. The molecular weight excluding hydrogens is 268 g/mol. The van der Waals surface area contributed by atoms with Crippen molar-refractivity contribution in [3.63, 3.8) is 0 Å². The van der Waals surface area contributed by atoms with Crippen LogP contribution in [0.2, 0.25) is 0 Å². The number of carbonyl (C=O) groups excluding carboxylic acids is 2. The van der Waals surface area contributed by atoms with E-state index >= 15 is 0 Å². The van der Waals surface area contributed by atoms with Gasteiger partial charge in [-0.2, -0.15) is 0 Å². The lowest BCUT2D eigenvalue weighted by molar-refractivity contribution is -0.116. The fraction of sp³-hybridized carbons (Fsp3) is 0.200. The molecule has 0 bridgehead atoms. The van der Waals surface area contributed by atoms with Crippen LogP contribution in [0, 0.1) is 0 Å². The monoisotopic (exact) mass is 282 g/mol. The molecule has 1 aliphatic heterocycles. The summed E-state index contributed by atoms with van der Waals surface area (Å²) in [6.07, 6.45) is 4.66. The first-order chi connectivity index (χ1) is 10.2. The van der Waals surface area contributed by atoms with Crippen LogP contribution in [-0.2, 0) is 4.79 Å². The van der Waals surface area contributed by atoms with Gasteiger partial charge in [0.25, 0.3) is 5.91 Å². The van der Waals surface area contributed by atoms with Gasteiger partial charge in [-0.25, -0.2) is 4.98 Å². The summed E-state index contributed by atoms with van der Waals surface area (Å²) in [5, 5.41) is 2.82. The molecular formula is C15H14N4O2. The molecule has 0 saturated carbocycles. The molecule has 2 heterocycles. The van der Waals surface area contributed by atoms with Crippen LogP contribution in [0.15, 0.2) is 42.9 Å². The van der Waals surface area contributed by atoms with Crippen LogP contribution < -0.4 is 10.2 Å². The Morgan fingerprint density at radius 1 is 1.33 bits per heavy atom. The second-order valence-electron chi connectivity index (χ2n) is 4.88. The Morgan fingerprint density at radius 2 is 2.14 bits per heavy atom. The molecule has 0 unspecified atom stereocenters. The minimum atomic E-state index is -0.264. The number of benzene rings is 1. The fourth-order valence-corrected chi connectivity index (χ4v) is 2.43. The summed E-state index contributed by atoms with van der Waals surface area (Å²) >= 11 is 0. The van der Waals surface area contributed by atoms with Gasteiger partial charge in [0.1, 0.15) is 5.69 Å². The second kappa shape index (κ2) is 5.32. The number of rotatable bonds is 1. The maximum atomic E-state index is 12.7. The number of nitrogens with one attached hydrogen (secondary N) is 1. The Bertz CT molecular complexity index is 687. The average Bonchev–Trinajstić information content (AvgIpc) is 2.62. The zero-order valence-electron chi connectivity index (χ0n) is 11.5. The lowest BCUT2D eigenvalue weighted by Crippen LogP contribution is -2.39. The molecule has 3 rings (SSSR count). The molecule has 0 radical (unpaired) electrons. The highest BCUT2D eigenvalue weighted by Gasteiger charge is 2.30. The maximum absolute atomic E-state index is 12.7. The van der Waals surface area contributed by atoms with Crippen molar-refractivity contribution in [2.45, 2.75) is 19.4 Å². The van der Waals surface area contributed by atoms with E-state index in [0.29, 0.717) is 11.4 Å². The molecule has 2 aromatic rings. The van der Waals surface area contributed by atoms with Crippen LogP contribution in [0.4, 0.5) is 11.4 Å². The summed E-state index contributed by atoms with van der Waals surface area (Å²) in [4.78, 5) is 34.2. The number of fused-ring (bicyclic) bond motifs is 1. The van der Waals surface area contributed by atoms with Crippen LogP contribution in [0.25, 0.3) is 0 Å². The van der Waals surface area contributed by atoms with Crippen molar-refractivity contribution in [3.8, 4) is 0 Å². The molecule has 1 N–H and O–H groups in total. The number of aromatic nitrogens is 2. The van der Waals surface area contributed by atoms with Gasteiger partial charge >= 0.3 is 0 Å². The maximum Gasteiger partial charge on any atom is 0.278 e. The zero-order chi connectivity index (χ0) is 14.8. The minimum Gasteiger partial charge on any atom is -0.324 e. The van der Waals surface area contributed by atoms with Gasteiger partial charge in [-0.3, -0.25) is 14.6 Å². The van der Waals surface area contributed by atoms with E-state index in [0.717, 1.165) is 0 Å². The predicted octanol–water partition coefficient (Wildman–Crippen LogP) is 1.85. The molecule has 0 aliphatic carbocycles.